The van der Waals surface area contributed by atoms with Crippen LogP contribution < -0.4 is 0 Å². The Labute approximate surface area is 164 Å². The highest BCUT2D eigenvalue weighted by atomic mass is 15.1. The van der Waals surface area contributed by atoms with Gasteiger partial charge in [0.2, 0.25) is 0 Å². The molecule has 0 aromatic carbocycles. The van der Waals surface area contributed by atoms with Gasteiger partial charge in [-0.25, -0.2) is 4.98 Å². The predicted molar refractivity (Wildman–Crippen MR) is 110 cm³/mol. The van der Waals surface area contributed by atoms with Gasteiger partial charge in [0.1, 0.15) is 11.3 Å². The first-order valence-corrected chi connectivity index (χ1v) is 9.09. The van der Waals surface area contributed by atoms with Crippen molar-refractivity contribution in [3.8, 4) is 33.9 Å². The van der Waals surface area contributed by atoms with E-state index in [1.54, 1.807) is 24.8 Å². The number of hydrogen-bond donors (Lipinski definition) is 3. The Kier molecular flexibility index (Phi) is 3.30. The Balaban J connectivity index is 1.54. The van der Waals surface area contributed by atoms with Crippen molar-refractivity contribution in [1.29, 1.82) is 0 Å². The monoisotopic (exact) mass is 378 g/mol. The highest BCUT2D eigenvalue weighted by Crippen LogP contribution is 2.33. The fourth-order valence-corrected chi connectivity index (χ4v) is 3.57. The van der Waals surface area contributed by atoms with Crippen molar-refractivity contribution in [3.63, 3.8) is 0 Å². The molecule has 0 spiro atoms. The summed E-state index contributed by atoms with van der Waals surface area (Å²) in [6.45, 7) is 0. The molecule has 0 aliphatic carbocycles. The highest BCUT2D eigenvalue weighted by molar-refractivity contribution is 5.99. The van der Waals surface area contributed by atoms with Crippen LogP contribution in [-0.4, -0.2) is 40.3 Å². The topological polar surface area (TPSA) is 112 Å². The molecule has 6 rings (SSSR count). The van der Waals surface area contributed by atoms with Crippen LogP contribution in [0.1, 0.15) is 0 Å². The molecule has 138 valence electrons. The van der Waals surface area contributed by atoms with Crippen LogP contribution in [0.2, 0.25) is 0 Å². The molecule has 0 fully saturated rings. The van der Waals surface area contributed by atoms with Crippen LogP contribution in [0, 0.1) is 0 Å². The number of pyridine rings is 3. The Morgan fingerprint density at radius 3 is 2.69 bits per heavy atom. The molecular formula is C21H14N8. The van der Waals surface area contributed by atoms with Gasteiger partial charge < -0.3 is 4.98 Å². The summed E-state index contributed by atoms with van der Waals surface area (Å²) < 4.78 is 0. The summed E-state index contributed by atoms with van der Waals surface area (Å²) in [5.41, 5.74) is 7.05. The van der Waals surface area contributed by atoms with Crippen molar-refractivity contribution in [2.75, 3.05) is 0 Å². The second kappa shape index (κ2) is 6.10. The van der Waals surface area contributed by atoms with Crippen LogP contribution in [0.5, 0.6) is 0 Å². The van der Waals surface area contributed by atoms with Crippen LogP contribution >= 0.6 is 0 Å². The first kappa shape index (κ1) is 15.7. The molecular weight excluding hydrogens is 364 g/mol. The normalized spacial score (nSPS) is 11.4. The number of rotatable bonds is 3. The smallest absolute Gasteiger partial charge is 0.138 e. The summed E-state index contributed by atoms with van der Waals surface area (Å²) in [5, 5.41) is 16.4. The number of hydrogen-bond acceptors (Lipinski definition) is 5. The maximum Gasteiger partial charge on any atom is 0.138 e. The molecule has 0 atom stereocenters. The van der Waals surface area contributed by atoms with Crippen molar-refractivity contribution < 1.29 is 0 Å². The Bertz CT molecular complexity index is 1440. The van der Waals surface area contributed by atoms with E-state index in [2.05, 4.69) is 46.4 Å². The second-order valence-corrected chi connectivity index (χ2v) is 6.69. The van der Waals surface area contributed by atoms with Gasteiger partial charge in [-0.2, -0.15) is 10.2 Å². The molecule has 0 saturated carbocycles. The molecule has 6 aromatic rings. The molecule has 8 heteroatoms. The van der Waals surface area contributed by atoms with E-state index >= 15 is 0 Å². The van der Waals surface area contributed by atoms with Crippen molar-refractivity contribution in [2.45, 2.75) is 0 Å². The van der Waals surface area contributed by atoms with E-state index in [1.165, 1.54) is 0 Å². The van der Waals surface area contributed by atoms with Crippen molar-refractivity contribution in [1.82, 2.24) is 40.3 Å². The van der Waals surface area contributed by atoms with E-state index in [1.807, 2.05) is 36.5 Å². The van der Waals surface area contributed by atoms with E-state index in [0.29, 0.717) is 0 Å². The van der Waals surface area contributed by atoms with E-state index in [0.717, 1.165) is 55.8 Å². The molecule has 29 heavy (non-hydrogen) atoms. The van der Waals surface area contributed by atoms with E-state index < -0.39 is 0 Å². The van der Waals surface area contributed by atoms with Gasteiger partial charge in [0.15, 0.2) is 0 Å². The Hall–Kier alpha value is -4.33. The first-order chi connectivity index (χ1) is 14.4. The summed E-state index contributed by atoms with van der Waals surface area (Å²) in [6.07, 6.45) is 8.94. The summed E-state index contributed by atoms with van der Waals surface area (Å²) in [4.78, 5) is 16.9. The quantitative estimate of drug-likeness (QED) is 0.432. The largest absolute Gasteiger partial charge is 0.338 e. The minimum absolute atomic E-state index is 0.795. The SMILES string of the molecule is c1ccc(-c2ccnc3[nH]c(-c4n[nH]c5cnc(-c6cn[nH]c6)cc45)cc23)nc1. The van der Waals surface area contributed by atoms with Crippen molar-refractivity contribution >= 4 is 21.9 Å². The molecule has 6 heterocycles. The maximum atomic E-state index is 4.52. The van der Waals surface area contributed by atoms with Crippen LogP contribution in [-0.2, 0) is 0 Å². The van der Waals surface area contributed by atoms with Crippen LogP contribution in [0.15, 0.2) is 67.4 Å². The summed E-state index contributed by atoms with van der Waals surface area (Å²) >= 11 is 0. The van der Waals surface area contributed by atoms with Gasteiger partial charge in [-0.3, -0.25) is 20.2 Å². The zero-order chi connectivity index (χ0) is 19.2. The molecule has 0 saturated heterocycles. The Morgan fingerprint density at radius 2 is 1.83 bits per heavy atom. The lowest BCUT2D eigenvalue weighted by Crippen LogP contribution is -1.84. The molecule has 6 aromatic heterocycles. The lowest BCUT2D eigenvalue weighted by atomic mass is 10.1. The predicted octanol–water partition coefficient (Wildman–Crippen LogP) is 3.95. The van der Waals surface area contributed by atoms with Gasteiger partial charge in [0.25, 0.3) is 0 Å². The minimum atomic E-state index is 0.795. The second-order valence-electron chi connectivity index (χ2n) is 6.69. The lowest BCUT2D eigenvalue weighted by Gasteiger charge is -2.00. The number of aromatic amines is 3. The van der Waals surface area contributed by atoms with E-state index in [4.69, 9.17) is 0 Å². The van der Waals surface area contributed by atoms with E-state index in [-0.39, 0.29) is 0 Å². The zero-order valence-electron chi connectivity index (χ0n) is 15.1. The third-order valence-corrected chi connectivity index (χ3v) is 4.97. The highest BCUT2D eigenvalue weighted by Gasteiger charge is 2.15. The molecule has 0 aliphatic rings. The molecule has 0 aliphatic heterocycles. The number of fused-ring (bicyclic) bond motifs is 2. The maximum absolute atomic E-state index is 4.52. The summed E-state index contributed by atoms with van der Waals surface area (Å²) in [6, 6.07) is 11.9. The van der Waals surface area contributed by atoms with Gasteiger partial charge in [-0.05, 0) is 30.3 Å². The van der Waals surface area contributed by atoms with Gasteiger partial charge >= 0.3 is 0 Å². The van der Waals surface area contributed by atoms with Gasteiger partial charge in [0.05, 0.1) is 35.0 Å². The minimum Gasteiger partial charge on any atom is -0.338 e. The number of H-pyrrole nitrogens is 3. The molecule has 0 bridgehead atoms. The zero-order valence-corrected chi connectivity index (χ0v) is 15.1. The van der Waals surface area contributed by atoms with Crippen LogP contribution in [0.25, 0.3) is 55.8 Å². The third-order valence-electron chi connectivity index (χ3n) is 4.97. The van der Waals surface area contributed by atoms with E-state index in [9.17, 15) is 0 Å². The van der Waals surface area contributed by atoms with Gasteiger partial charge in [-0.15, -0.1) is 0 Å². The fourth-order valence-electron chi connectivity index (χ4n) is 3.57. The molecule has 0 unspecified atom stereocenters. The van der Waals surface area contributed by atoms with Crippen molar-refractivity contribution in [3.05, 3.63) is 67.4 Å². The van der Waals surface area contributed by atoms with Gasteiger partial charge in [0, 0.05) is 40.5 Å². The molecule has 0 amide bonds. The third kappa shape index (κ3) is 2.50. The fraction of sp³-hybridized carbons (Fsp3) is 0. The summed E-state index contributed by atoms with van der Waals surface area (Å²) in [5.74, 6) is 0. The average molecular weight is 378 g/mol. The van der Waals surface area contributed by atoms with Gasteiger partial charge in [-0.1, -0.05) is 6.07 Å². The molecule has 8 nitrogen and oxygen atoms in total. The van der Waals surface area contributed by atoms with Crippen LogP contribution in [0.3, 0.4) is 0 Å². The number of nitrogens with zero attached hydrogens (tertiary/aromatic N) is 5. The first-order valence-electron chi connectivity index (χ1n) is 9.09. The standard InChI is InChI=1S/C21H14N8/c1-2-5-22-16(3-1)13-4-6-23-21-14(13)7-18(27-21)20-15-8-17(12-9-25-26-10-12)24-11-19(15)28-29-20/h1-11H,(H,23,27)(H,25,26)(H,28,29). The number of aromatic nitrogens is 8. The molecule has 0 radical (unpaired) electrons. The summed E-state index contributed by atoms with van der Waals surface area (Å²) in [7, 11) is 0. The lowest BCUT2D eigenvalue weighted by molar-refractivity contribution is 1.09. The van der Waals surface area contributed by atoms with Crippen LogP contribution in [0.4, 0.5) is 0 Å². The van der Waals surface area contributed by atoms with Crippen molar-refractivity contribution in [2.24, 2.45) is 0 Å². The molecule has 3 N–H and O–H groups in total. The number of nitrogens with one attached hydrogen (secondary N) is 3. The Morgan fingerprint density at radius 1 is 0.828 bits per heavy atom. The average Bonchev–Trinajstić information content (AvgIpc) is 3.52.